The van der Waals surface area contributed by atoms with Crippen LogP contribution in [0.5, 0.6) is 5.75 Å². The second-order valence-electron chi connectivity index (χ2n) is 7.57. The number of anilines is 1. The summed E-state index contributed by atoms with van der Waals surface area (Å²) in [6.45, 7) is 2.23. The number of aryl methyl sites for hydroxylation is 1. The first kappa shape index (κ1) is 24.7. The minimum atomic E-state index is -0.593. The molecule has 1 saturated heterocycles. The standard InChI is InChI=1S/C22H25N5O4.ClH/c1-12-9-15(5-6-16(12)22(31)27-8-2-3-17(27)21(25)30)26-19(29)11-14-10-13(20(23)24)4-7-18(14)28;/h4-7,9-10,17,28H,2-3,8,11H2,1H3,(H3,23,24)(H2,25,30)(H,26,29);1H. The smallest absolute Gasteiger partial charge is 0.254 e. The summed E-state index contributed by atoms with van der Waals surface area (Å²) in [7, 11) is 0. The first-order valence-corrected chi connectivity index (χ1v) is 9.84. The van der Waals surface area contributed by atoms with Crippen molar-refractivity contribution in [2.75, 3.05) is 11.9 Å². The van der Waals surface area contributed by atoms with Crippen molar-refractivity contribution >= 4 is 41.7 Å². The topological polar surface area (TPSA) is 163 Å². The number of carbonyl (C=O) groups is 3. The predicted octanol–water partition coefficient (Wildman–Crippen LogP) is 1.68. The van der Waals surface area contributed by atoms with Crippen molar-refractivity contribution in [2.45, 2.75) is 32.2 Å². The maximum Gasteiger partial charge on any atom is 0.254 e. The number of nitrogens with zero attached hydrogens (tertiary/aromatic N) is 1. The SMILES string of the molecule is Cc1cc(NC(=O)Cc2cc(C(=N)N)ccc2O)ccc1C(=O)N1CCCC1C(N)=O.Cl. The van der Waals surface area contributed by atoms with Gasteiger partial charge in [-0.05, 0) is 61.7 Å². The van der Waals surface area contributed by atoms with Gasteiger partial charge >= 0.3 is 0 Å². The van der Waals surface area contributed by atoms with Gasteiger partial charge in [0.15, 0.2) is 0 Å². The number of amidine groups is 1. The van der Waals surface area contributed by atoms with E-state index < -0.39 is 11.9 Å². The van der Waals surface area contributed by atoms with Crippen molar-refractivity contribution in [3.8, 4) is 5.75 Å². The molecule has 9 nitrogen and oxygen atoms in total. The van der Waals surface area contributed by atoms with Crippen LogP contribution in [0.25, 0.3) is 0 Å². The molecule has 170 valence electrons. The highest BCUT2D eigenvalue weighted by atomic mass is 35.5. The van der Waals surface area contributed by atoms with Gasteiger partial charge in [-0.2, -0.15) is 0 Å². The number of phenolic OH excluding ortho intramolecular Hbond substituents is 1. The highest BCUT2D eigenvalue weighted by molar-refractivity contribution is 6.00. The summed E-state index contributed by atoms with van der Waals surface area (Å²) < 4.78 is 0. The molecule has 1 unspecified atom stereocenters. The quantitative estimate of drug-likeness (QED) is 0.327. The molecular formula is C22H26ClN5O4. The van der Waals surface area contributed by atoms with Gasteiger partial charge in [0.25, 0.3) is 5.91 Å². The molecule has 1 heterocycles. The van der Waals surface area contributed by atoms with Crippen LogP contribution in [0.15, 0.2) is 36.4 Å². The van der Waals surface area contributed by atoms with Gasteiger partial charge in [-0.25, -0.2) is 0 Å². The molecule has 0 bridgehead atoms. The van der Waals surface area contributed by atoms with Gasteiger partial charge in [-0.3, -0.25) is 19.8 Å². The largest absolute Gasteiger partial charge is 0.508 e. The Labute approximate surface area is 191 Å². The van der Waals surface area contributed by atoms with Crippen LogP contribution in [0.3, 0.4) is 0 Å². The summed E-state index contributed by atoms with van der Waals surface area (Å²) >= 11 is 0. The molecule has 0 radical (unpaired) electrons. The molecule has 3 rings (SSSR count). The molecule has 10 heteroatoms. The van der Waals surface area contributed by atoms with E-state index in [9.17, 15) is 19.5 Å². The molecule has 0 spiro atoms. The third-order valence-corrected chi connectivity index (χ3v) is 5.32. The number of amides is 3. The average Bonchev–Trinajstić information content (AvgIpc) is 3.19. The minimum absolute atomic E-state index is 0. The number of benzene rings is 2. The second-order valence-corrected chi connectivity index (χ2v) is 7.57. The van der Waals surface area contributed by atoms with E-state index in [4.69, 9.17) is 16.9 Å². The third-order valence-electron chi connectivity index (χ3n) is 5.32. The Balaban J connectivity index is 0.00000363. The highest BCUT2D eigenvalue weighted by Crippen LogP contribution is 2.24. The molecule has 3 amide bonds. The van der Waals surface area contributed by atoms with E-state index in [1.807, 2.05) is 0 Å². The van der Waals surface area contributed by atoms with Crippen LogP contribution in [0.4, 0.5) is 5.69 Å². The molecule has 0 aromatic heterocycles. The second kappa shape index (κ2) is 10.1. The van der Waals surface area contributed by atoms with Gasteiger partial charge in [0.05, 0.1) is 6.42 Å². The van der Waals surface area contributed by atoms with Crippen LogP contribution in [0.2, 0.25) is 0 Å². The summed E-state index contributed by atoms with van der Waals surface area (Å²) in [6.07, 6.45) is 1.18. The molecule has 0 aliphatic carbocycles. The van der Waals surface area contributed by atoms with Gasteiger partial charge in [0.2, 0.25) is 11.8 Å². The van der Waals surface area contributed by atoms with Crippen molar-refractivity contribution in [1.29, 1.82) is 5.41 Å². The number of phenols is 1. The van der Waals surface area contributed by atoms with Crippen LogP contribution < -0.4 is 16.8 Å². The summed E-state index contributed by atoms with van der Waals surface area (Å²) in [5.74, 6) is -1.36. The number of hydrogen-bond donors (Lipinski definition) is 5. The van der Waals surface area contributed by atoms with Crippen molar-refractivity contribution in [2.24, 2.45) is 11.5 Å². The van der Waals surface area contributed by atoms with Crippen molar-refractivity contribution in [3.05, 3.63) is 58.7 Å². The molecular weight excluding hydrogens is 434 g/mol. The number of carbonyl (C=O) groups excluding carboxylic acids is 3. The van der Waals surface area contributed by atoms with Crippen molar-refractivity contribution in [3.63, 3.8) is 0 Å². The fourth-order valence-electron chi connectivity index (χ4n) is 3.71. The maximum atomic E-state index is 12.9. The zero-order valence-electron chi connectivity index (χ0n) is 17.6. The molecule has 0 saturated carbocycles. The van der Waals surface area contributed by atoms with E-state index in [1.54, 1.807) is 25.1 Å². The molecule has 1 aliphatic rings. The normalized spacial score (nSPS) is 15.0. The van der Waals surface area contributed by atoms with E-state index >= 15 is 0 Å². The van der Waals surface area contributed by atoms with Crippen molar-refractivity contribution in [1.82, 2.24) is 4.90 Å². The van der Waals surface area contributed by atoms with Crippen LogP contribution in [0.1, 0.15) is 39.9 Å². The lowest BCUT2D eigenvalue weighted by atomic mass is 10.0. The number of nitrogens with one attached hydrogen (secondary N) is 2. The van der Waals surface area contributed by atoms with Crippen LogP contribution in [-0.4, -0.2) is 46.2 Å². The number of halogens is 1. The fourth-order valence-corrected chi connectivity index (χ4v) is 3.71. The van der Waals surface area contributed by atoms with E-state index in [2.05, 4.69) is 5.32 Å². The number of likely N-dealkylation sites (tertiary alicyclic amines) is 1. The lowest BCUT2D eigenvalue weighted by Crippen LogP contribution is -2.43. The van der Waals surface area contributed by atoms with Gasteiger partial charge < -0.3 is 26.8 Å². The number of nitrogens with two attached hydrogens (primary N) is 2. The van der Waals surface area contributed by atoms with Crippen molar-refractivity contribution < 1.29 is 19.5 Å². The van der Waals surface area contributed by atoms with Crippen LogP contribution >= 0.6 is 12.4 Å². The molecule has 32 heavy (non-hydrogen) atoms. The number of aromatic hydroxyl groups is 1. The zero-order chi connectivity index (χ0) is 22.7. The molecule has 1 aliphatic heterocycles. The molecule has 2 aromatic rings. The fraction of sp³-hybridized carbons (Fsp3) is 0.273. The van der Waals surface area contributed by atoms with Crippen LogP contribution in [0, 0.1) is 12.3 Å². The van der Waals surface area contributed by atoms with Gasteiger partial charge in [0.1, 0.15) is 17.6 Å². The molecule has 7 N–H and O–H groups in total. The Morgan fingerprint density at radius 1 is 1.19 bits per heavy atom. The number of nitrogen functional groups attached to an aromatic ring is 1. The molecule has 1 fully saturated rings. The van der Waals surface area contributed by atoms with Gasteiger partial charge in [0, 0.05) is 28.9 Å². The van der Waals surface area contributed by atoms with Gasteiger partial charge in [-0.15, -0.1) is 12.4 Å². The molecule has 2 aromatic carbocycles. The summed E-state index contributed by atoms with van der Waals surface area (Å²) in [5.41, 5.74) is 13.2. The Kier molecular flexibility index (Phi) is 7.82. The van der Waals surface area contributed by atoms with E-state index in [1.165, 1.54) is 23.1 Å². The third kappa shape index (κ3) is 5.36. The summed E-state index contributed by atoms with van der Waals surface area (Å²) in [4.78, 5) is 38.4. The first-order valence-electron chi connectivity index (χ1n) is 9.84. The van der Waals surface area contributed by atoms with Gasteiger partial charge in [-0.1, -0.05) is 0 Å². The lowest BCUT2D eigenvalue weighted by molar-refractivity contribution is -0.121. The van der Waals surface area contributed by atoms with E-state index in [0.717, 1.165) is 6.42 Å². The zero-order valence-corrected chi connectivity index (χ0v) is 18.4. The first-order chi connectivity index (χ1) is 14.7. The predicted molar refractivity (Wildman–Crippen MR) is 123 cm³/mol. The lowest BCUT2D eigenvalue weighted by Gasteiger charge is -2.23. The summed E-state index contributed by atoms with van der Waals surface area (Å²) in [5, 5.41) is 20.2. The maximum absolute atomic E-state index is 12.9. The Bertz CT molecular complexity index is 1070. The number of primary amides is 1. The van der Waals surface area contributed by atoms with E-state index in [-0.39, 0.29) is 42.2 Å². The van der Waals surface area contributed by atoms with E-state index in [0.29, 0.717) is 40.9 Å². The number of rotatable bonds is 6. The van der Waals surface area contributed by atoms with Crippen LogP contribution in [-0.2, 0) is 16.0 Å². The average molecular weight is 460 g/mol. The highest BCUT2D eigenvalue weighted by Gasteiger charge is 2.33. The Morgan fingerprint density at radius 3 is 2.53 bits per heavy atom. The number of hydrogen-bond acceptors (Lipinski definition) is 5. The molecule has 1 atom stereocenters. The Hall–Kier alpha value is -3.59. The minimum Gasteiger partial charge on any atom is -0.508 e. The summed E-state index contributed by atoms with van der Waals surface area (Å²) in [6, 6.07) is 8.69. The Morgan fingerprint density at radius 2 is 1.91 bits per heavy atom. The monoisotopic (exact) mass is 459 g/mol.